The van der Waals surface area contributed by atoms with E-state index in [-0.39, 0.29) is 23.5 Å². The van der Waals surface area contributed by atoms with Crippen LogP contribution in [-0.4, -0.2) is 29.5 Å². The quantitative estimate of drug-likeness (QED) is 0.833. The van der Waals surface area contributed by atoms with Crippen LogP contribution >= 0.6 is 0 Å². The van der Waals surface area contributed by atoms with Crippen LogP contribution < -0.4 is 5.73 Å². The van der Waals surface area contributed by atoms with Crippen molar-refractivity contribution < 1.29 is 9.90 Å². The molecule has 0 aliphatic rings. The molecule has 1 aromatic carbocycles. The molecule has 0 saturated carbocycles. The summed E-state index contributed by atoms with van der Waals surface area (Å²) < 4.78 is 0. The van der Waals surface area contributed by atoms with Gasteiger partial charge in [-0.25, -0.2) is 0 Å². The lowest BCUT2D eigenvalue weighted by Gasteiger charge is -2.25. The van der Waals surface area contributed by atoms with E-state index in [1.54, 1.807) is 30.1 Å². The van der Waals surface area contributed by atoms with Crippen LogP contribution in [0.1, 0.15) is 19.4 Å². The summed E-state index contributed by atoms with van der Waals surface area (Å²) >= 11 is 0. The highest BCUT2D eigenvalue weighted by Crippen LogP contribution is 2.16. The summed E-state index contributed by atoms with van der Waals surface area (Å²) in [7, 11) is 1.76. The molecule has 4 nitrogen and oxygen atoms in total. The molecular formula is C14H22N2O2. The fraction of sp³-hybridized carbons (Fsp3) is 0.500. The van der Waals surface area contributed by atoms with Gasteiger partial charge in [-0.2, -0.15) is 0 Å². The predicted octanol–water partition coefficient (Wildman–Crippen LogP) is 1.58. The molecule has 0 bridgehead atoms. The minimum Gasteiger partial charge on any atom is -0.508 e. The zero-order valence-electron chi connectivity index (χ0n) is 11.3. The fourth-order valence-electron chi connectivity index (χ4n) is 1.95. The normalized spacial score (nSPS) is 12.5. The second kappa shape index (κ2) is 6.40. The topological polar surface area (TPSA) is 66.6 Å². The third kappa shape index (κ3) is 3.74. The molecule has 0 aliphatic carbocycles. The first kappa shape index (κ1) is 14.5. The van der Waals surface area contributed by atoms with Crippen molar-refractivity contribution in [2.45, 2.75) is 20.4 Å². The molecule has 1 atom stereocenters. The Labute approximate surface area is 108 Å². The highest BCUT2D eigenvalue weighted by Gasteiger charge is 2.23. The van der Waals surface area contributed by atoms with Gasteiger partial charge in [0, 0.05) is 20.1 Å². The van der Waals surface area contributed by atoms with Gasteiger partial charge in [-0.05, 0) is 23.6 Å². The minimum absolute atomic E-state index is 0.0517. The molecule has 1 rings (SSSR count). The van der Waals surface area contributed by atoms with Crippen molar-refractivity contribution >= 4 is 5.91 Å². The minimum atomic E-state index is -0.146. The zero-order chi connectivity index (χ0) is 13.7. The van der Waals surface area contributed by atoms with Crippen LogP contribution in [0.3, 0.4) is 0 Å². The van der Waals surface area contributed by atoms with E-state index in [0.29, 0.717) is 13.1 Å². The van der Waals surface area contributed by atoms with Gasteiger partial charge in [0.2, 0.25) is 5.91 Å². The first-order valence-corrected chi connectivity index (χ1v) is 6.18. The summed E-state index contributed by atoms with van der Waals surface area (Å²) in [4.78, 5) is 13.8. The number of rotatable bonds is 5. The summed E-state index contributed by atoms with van der Waals surface area (Å²) in [5.74, 6) is 0.352. The van der Waals surface area contributed by atoms with Gasteiger partial charge in [0.05, 0.1) is 5.92 Å². The average molecular weight is 250 g/mol. The molecule has 4 heteroatoms. The first-order valence-electron chi connectivity index (χ1n) is 6.18. The van der Waals surface area contributed by atoms with Crippen molar-refractivity contribution in [2.24, 2.45) is 17.6 Å². The van der Waals surface area contributed by atoms with Crippen LogP contribution in [0, 0.1) is 11.8 Å². The first-order chi connectivity index (χ1) is 8.45. The Morgan fingerprint density at radius 3 is 2.61 bits per heavy atom. The van der Waals surface area contributed by atoms with E-state index in [2.05, 4.69) is 0 Å². The molecule has 0 aliphatic heterocycles. The van der Waals surface area contributed by atoms with Gasteiger partial charge < -0.3 is 15.7 Å². The Hall–Kier alpha value is -1.55. The van der Waals surface area contributed by atoms with E-state index >= 15 is 0 Å². The number of benzene rings is 1. The van der Waals surface area contributed by atoms with E-state index in [4.69, 9.17) is 5.73 Å². The summed E-state index contributed by atoms with van der Waals surface area (Å²) in [5, 5.41) is 9.38. The summed E-state index contributed by atoms with van der Waals surface area (Å²) in [6.45, 7) is 4.84. The van der Waals surface area contributed by atoms with Gasteiger partial charge in [0.25, 0.3) is 0 Å². The number of nitrogens with zero attached hydrogens (tertiary/aromatic N) is 1. The van der Waals surface area contributed by atoms with E-state index in [1.165, 1.54) is 0 Å². The van der Waals surface area contributed by atoms with Crippen molar-refractivity contribution in [1.29, 1.82) is 0 Å². The zero-order valence-corrected chi connectivity index (χ0v) is 11.3. The van der Waals surface area contributed by atoms with Gasteiger partial charge >= 0.3 is 0 Å². The van der Waals surface area contributed by atoms with E-state index in [0.717, 1.165) is 5.56 Å². The smallest absolute Gasteiger partial charge is 0.227 e. The lowest BCUT2D eigenvalue weighted by Crippen LogP contribution is -2.38. The molecule has 0 heterocycles. The van der Waals surface area contributed by atoms with Crippen LogP contribution in [0.5, 0.6) is 5.75 Å². The summed E-state index contributed by atoms with van der Waals surface area (Å²) in [5.41, 5.74) is 6.55. The number of amides is 1. The maximum absolute atomic E-state index is 12.2. The molecule has 0 aromatic heterocycles. The number of carbonyl (C=O) groups excluding carboxylic acids is 1. The maximum Gasteiger partial charge on any atom is 0.227 e. The summed E-state index contributed by atoms with van der Waals surface area (Å²) in [6.07, 6.45) is 0. The summed E-state index contributed by atoms with van der Waals surface area (Å²) in [6, 6.07) is 6.93. The monoisotopic (exact) mass is 250 g/mol. The number of phenolic OH excluding ortho intramolecular Hbond substituents is 1. The van der Waals surface area contributed by atoms with Crippen LogP contribution in [-0.2, 0) is 11.3 Å². The molecule has 0 fully saturated rings. The van der Waals surface area contributed by atoms with Crippen molar-refractivity contribution in [1.82, 2.24) is 4.90 Å². The highest BCUT2D eigenvalue weighted by molar-refractivity contribution is 5.79. The number of nitrogens with two attached hydrogens (primary N) is 1. The van der Waals surface area contributed by atoms with Crippen LogP contribution in [0.25, 0.3) is 0 Å². The van der Waals surface area contributed by atoms with Crippen LogP contribution in [0.4, 0.5) is 0 Å². The second-order valence-electron chi connectivity index (χ2n) is 4.95. The van der Waals surface area contributed by atoms with Gasteiger partial charge in [0.1, 0.15) is 5.75 Å². The lowest BCUT2D eigenvalue weighted by molar-refractivity contribution is -0.135. The molecule has 100 valence electrons. The lowest BCUT2D eigenvalue weighted by atomic mass is 9.94. The molecule has 1 unspecified atom stereocenters. The van der Waals surface area contributed by atoms with Gasteiger partial charge in [-0.15, -0.1) is 0 Å². The van der Waals surface area contributed by atoms with Crippen molar-refractivity contribution in [3.8, 4) is 5.75 Å². The van der Waals surface area contributed by atoms with E-state index in [9.17, 15) is 9.90 Å². The molecule has 18 heavy (non-hydrogen) atoms. The molecule has 3 N–H and O–H groups in total. The number of hydrogen-bond donors (Lipinski definition) is 2. The SMILES string of the molecule is CC(C)C(CN)C(=O)N(C)Cc1cccc(O)c1. The van der Waals surface area contributed by atoms with Crippen molar-refractivity contribution in [2.75, 3.05) is 13.6 Å². The Balaban J connectivity index is 2.70. The van der Waals surface area contributed by atoms with Crippen LogP contribution in [0.15, 0.2) is 24.3 Å². The average Bonchev–Trinajstić information content (AvgIpc) is 2.29. The third-order valence-corrected chi connectivity index (χ3v) is 3.08. The van der Waals surface area contributed by atoms with E-state index in [1.807, 2.05) is 19.9 Å². The predicted molar refractivity (Wildman–Crippen MR) is 72.0 cm³/mol. The Morgan fingerprint density at radius 2 is 2.11 bits per heavy atom. The Kier molecular flexibility index (Phi) is 5.16. The highest BCUT2D eigenvalue weighted by atomic mass is 16.3. The molecule has 1 amide bonds. The standard InChI is InChI=1S/C14H22N2O2/c1-10(2)13(8-15)14(18)16(3)9-11-5-4-6-12(17)7-11/h4-7,10,13,17H,8-9,15H2,1-3H3. The molecule has 0 spiro atoms. The number of aromatic hydroxyl groups is 1. The van der Waals surface area contributed by atoms with Crippen molar-refractivity contribution in [3.63, 3.8) is 0 Å². The maximum atomic E-state index is 12.2. The largest absolute Gasteiger partial charge is 0.508 e. The van der Waals surface area contributed by atoms with Gasteiger partial charge in [-0.1, -0.05) is 26.0 Å². The number of carbonyl (C=O) groups is 1. The third-order valence-electron chi connectivity index (χ3n) is 3.08. The molecule has 0 radical (unpaired) electrons. The molecular weight excluding hydrogens is 228 g/mol. The van der Waals surface area contributed by atoms with Gasteiger partial charge in [-0.3, -0.25) is 4.79 Å². The van der Waals surface area contributed by atoms with Crippen molar-refractivity contribution in [3.05, 3.63) is 29.8 Å². The Morgan fingerprint density at radius 1 is 1.44 bits per heavy atom. The van der Waals surface area contributed by atoms with E-state index < -0.39 is 0 Å². The number of hydrogen-bond acceptors (Lipinski definition) is 3. The fourth-order valence-corrected chi connectivity index (χ4v) is 1.95. The van der Waals surface area contributed by atoms with Gasteiger partial charge in [0.15, 0.2) is 0 Å². The second-order valence-corrected chi connectivity index (χ2v) is 4.95. The van der Waals surface area contributed by atoms with Crippen LogP contribution in [0.2, 0.25) is 0 Å². The Bertz CT molecular complexity index is 405. The number of phenols is 1. The molecule has 0 saturated heterocycles. The molecule has 1 aromatic rings.